The lowest BCUT2D eigenvalue weighted by Gasteiger charge is -2.28. The average molecular weight is 427 g/mol. The van der Waals surface area contributed by atoms with Gasteiger partial charge in [0.1, 0.15) is 12.6 Å². The molecule has 1 saturated heterocycles. The second kappa shape index (κ2) is 12.6. The highest BCUT2D eigenvalue weighted by molar-refractivity contribution is 5.92. The van der Waals surface area contributed by atoms with E-state index in [-0.39, 0.29) is 36.7 Å². The Balaban J connectivity index is 0.00000420. The molecule has 2 rings (SSSR count). The zero-order chi connectivity index (χ0) is 20.5. The topological polar surface area (TPSA) is 95.9 Å². The first-order valence-electron chi connectivity index (χ1n) is 9.88. The Kier molecular flexibility index (Phi) is 10.9. The number of rotatable bonds is 10. The van der Waals surface area contributed by atoms with E-state index in [1.807, 2.05) is 30.3 Å². The molecule has 1 aromatic carbocycles. The number of aliphatic hydroxyl groups excluding tert-OH is 1. The maximum Gasteiger partial charge on any atom is 0.323 e. The molecule has 0 saturated carbocycles. The number of nitrogens with one attached hydrogen (secondary N) is 1. The molecule has 1 unspecified atom stereocenters. The lowest BCUT2D eigenvalue weighted by molar-refractivity contribution is -0.147. The fourth-order valence-corrected chi connectivity index (χ4v) is 3.56. The van der Waals surface area contributed by atoms with Gasteiger partial charge in [-0.25, -0.2) is 0 Å². The van der Waals surface area contributed by atoms with E-state index in [1.165, 1.54) is 4.90 Å². The molecule has 8 heteroatoms. The number of aryl methyl sites for hydroxylation is 1. The van der Waals surface area contributed by atoms with E-state index < -0.39 is 24.7 Å². The van der Waals surface area contributed by atoms with E-state index in [4.69, 9.17) is 9.84 Å². The first-order chi connectivity index (χ1) is 13.5. The number of ketones is 1. The Bertz CT molecular complexity index is 670. The van der Waals surface area contributed by atoms with Gasteiger partial charge in [0.2, 0.25) is 5.91 Å². The van der Waals surface area contributed by atoms with Gasteiger partial charge in [-0.15, -0.1) is 12.4 Å². The number of halogens is 1. The van der Waals surface area contributed by atoms with Gasteiger partial charge in [0, 0.05) is 6.54 Å². The van der Waals surface area contributed by atoms with E-state index in [1.54, 1.807) is 13.8 Å². The minimum Gasteiger partial charge on any atom is -0.465 e. The van der Waals surface area contributed by atoms with Crippen molar-refractivity contribution in [2.24, 2.45) is 0 Å². The first-order valence-corrected chi connectivity index (χ1v) is 9.88. The van der Waals surface area contributed by atoms with Gasteiger partial charge >= 0.3 is 5.97 Å². The van der Waals surface area contributed by atoms with Gasteiger partial charge in [-0.3, -0.25) is 19.7 Å². The van der Waals surface area contributed by atoms with Crippen LogP contribution >= 0.6 is 12.4 Å². The Morgan fingerprint density at radius 1 is 1.28 bits per heavy atom. The zero-order valence-electron chi connectivity index (χ0n) is 17.0. The first kappa shape index (κ1) is 25.1. The van der Waals surface area contributed by atoms with Gasteiger partial charge in [0.25, 0.3) is 0 Å². The molecule has 162 valence electrons. The van der Waals surface area contributed by atoms with Crippen LogP contribution in [0.1, 0.15) is 38.7 Å². The average Bonchev–Trinajstić information content (AvgIpc) is 3.20. The number of benzene rings is 1. The van der Waals surface area contributed by atoms with Crippen molar-refractivity contribution >= 4 is 30.1 Å². The van der Waals surface area contributed by atoms with Gasteiger partial charge in [-0.05, 0) is 45.1 Å². The molecular formula is C21H31ClN2O5. The van der Waals surface area contributed by atoms with Crippen molar-refractivity contribution in [2.45, 2.75) is 57.7 Å². The number of amides is 1. The number of aliphatic hydroxyl groups is 1. The summed E-state index contributed by atoms with van der Waals surface area (Å²) in [5.74, 6) is -0.968. The van der Waals surface area contributed by atoms with E-state index in [0.29, 0.717) is 25.8 Å². The summed E-state index contributed by atoms with van der Waals surface area (Å²) in [5, 5.41) is 12.2. The van der Waals surface area contributed by atoms with Gasteiger partial charge in [0.05, 0.1) is 18.7 Å². The number of likely N-dealkylation sites (tertiary alicyclic amines) is 1. The van der Waals surface area contributed by atoms with Crippen LogP contribution in [0.4, 0.5) is 0 Å². The highest BCUT2D eigenvalue weighted by Crippen LogP contribution is 2.19. The normalized spacial score (nSPS) is 17.9. The molecule has 1 aliphatic heterocycles. The third-order valence-corrected chi connectivity index (χ3v) is 5.02. The Morgan fingerprint density at radius 3 is 2.59 bits per heavy atom. The molecule has 1 aliphatic rings. The van der Waals surface area contributed by atoms with Crippen molar-refractivity contribution in [2.75, 3.05) is 19.8 Å². The minimum atomic E-state index is -0.641. The molecule has 1 fully saturated rings. The number of carbonyl (C=O) groups is 3. The minimum absolute atomic E-state index is 0. The van der Waals surface area contributed by atoms with Crippen LogP contribution in [0.25, 0.3) is 0 Å². The van der Waals surface area contributed by atoms with Crippen LogP contribution < -0.4 is 5.32 Å². The standard InChI is InChI=1S/C21H30N2O5.ClH/c1-3-28-21(27)17(12-11-16-8-5-4-6-9-16)22-15(2)20(26)23-13-7-10-18(23)19(25)14-24;/h4-6,8-9,15,17-18,22,24H,3,7,10-14H2,1-2H3;1H/t15-,17?,18-;/m0./s1. The van der Waals surface area contributed by atoms with Crippen molar-refractivity contribution in [3.8, 4) is 0 Å². The number of esters is 1. The molecule has 2 N–H and O–H groups in total. The van der Waals surface area contributed by atoms with Crippen LogP contribution in [0.15, 0.2) is 30.3 Å². The SMILES string of the molecule is CCOC(=O)C(CCc1ccccc1)N[C@@H](C)C(=O)N1CCC[C@H]1C(=O)CO.Cl. The van der Waals surface area contributed by atoms with Gasteiger partial charge in [-0.2, -0.15) is 0 Å². The third kappa shape index (κ3) is 7.10. The van der Waals surface area contributed by atoms with E-state index in [2.05, 4.69) is 5.32 Å². The number of Topliss-reactive ketones (excluding diaryl/α,β-unsaturated/α-hetero) is 1. The zero-order valence-corrected chi connectivity index (χ0v) is 17.8. The molecule has 29 heavy (non-hydrogen) atoms. The summed E-state index contributed by atoms with van der Waals surface area (Å²) in [7, 11) is 0. The molecule has 0 bridgehead atoms. The fraction of sp³-hybridized carbons (Fsp3) is 0.571. The second-order valence-corrected chi connectivity index (χ2v) is 7.03. The van der Waals surface area contributed by atoms with Crippen molar-refractivity contribution in [1.29, 1.82) is 0 Å². The summed E-state index contributed by atoms with van der Waals surface area (Å²) >= 11 is 0. The predicted molar refractivity (Wildman–Crippen MR) is 112 cm³/mol. The molecule has 1 amide bonds. The van der Waals surface area contributed by atoms with Gasteiger partial charge < -0.3 is 14.7 Å². The molecule has 3 atom stereocenters. The summed E-state index contributed by atoms with van der Waals surface area (Å²) in [6, 6.07) is 7.97. The van der Waals surface area contributed by atoms with Crippen molar-refractivity contribution < 1.29 is 24.2 Å². The van der Waals surface area contributed by atoms with Crippen LogP contribution in [-0.2, 0) is 25.5 Å². The summed E-state index contributed by atoms with van der Waals surface area (Å²) < 4.78 is 5.16. The van der Waals surface area contributed by atoms with Crippen LogP contribution in [0.5, 0.6) is 0 Å². The Morgan fingerprint density at radius 2 is 1.97 bits per heavy atom. The summed E-state index contributed by atoms with van der Waals surface area (Å²) in [6.07, 6.45) is 2.46. The number of carbonyl (C=O) groups excluding carboxylic acids is 3. The lowest BCUT2D eigenvalue weighted by atomic mass is 10.0. The van der Waals surface area contributed by atoms with Crippen LogP contribution in [0, 0.1) is 0 Å². The molecule has 0 spiro atoms. The molecule has 0 aromatic heterocycles. The van der Waals surface area contributed by atoms with Crippen LogP contribution in [0.3, 0.4) is 0 Å². The largest absolute Gasteiger partial charge is 0.465 e. The van der Waals surface area contributed by atoms with Crippen molar-refractivity contribution in [3.05, 3.63) is 35.9 Å². The molecule has 0 radical (unpaired) electrons. The number of hydrogen-bond donors (Lipinski definition) is 2. The number of nitrogens with zero attached hydrogens (tertiary/aromatic N) is 1. The molecule has 0 aliphatic carbocycles. The Hall–Kier alpha value is -1.96. The molecule has 1 heterocycles. The van der Waals surface area contributed by atoms with Crippen molar-refractivity contribution in [3.63, 3.8) is 0 Å². The number of ether oxygens (including phenoxy) is 1. The maximum atomic E-state index is 12.8. The molecule has 1 aromatic rings. The smallest absolute Gasteiger partial charge is 0.323 e. The van der Waals surface area contributed by atoms with E-state index in [9.17, 15) is 14.4 Å². The van der Waals surface area contributed by atoms with E-state index >= 15 is 0 Å². The second-order valence-electron chi connectivity index (χ2n) is 7.03. The number of hydrogen-bond acceptors (Lipinski definition) is 6. The van der Waals surface area contributed by atoms with Crippen LogP contribution in [0.2, 0.25) is 0 Å². The highest BCUT2D eigenvalue weighted by atomic mass is 35.5. The summed E-state index contributed by atoms with van der Waals surface area (Å²) in [4.78, 5) is 38.6. The molecular weight excluding hydrogens is 396 g/mol. The molecule has 7 nitrogen and oxygen atoms in total. The lowest BCUT2D eigenvalue weighted by Crippen LogP contribution is -2.53. The Labute approximate surface area is 178 Å². The van der Waals surface area contributed by atoms with Crippen molar-refractivity contribution in [1.82, 2.24) is 10.2 Å². The fourth-order valence-electron chi connectivity index (χ4n) is 3.56. The third-order valence-electron chi connectivity index (χ3n) is 5.02. The highest BCUT2D eigenvalue weighted by Gasteiger charge is 2.36. The quantitative estimate of drug-likeness (QED) is 0.550. The van der Waals surface area contributed by atoms with E-state index in [0.717, 1.165) is 12.0 Å². The summed E-state index contributed by atoms with van der Waals surface area (Å²) in [5.41, 5.74) is 1.10. The van der Waals surface area contributed by atoms with Gasteiger partial charge in [-0.1, -0.05) is 30.3 Å². The predicted octanol–water partition coefficient (Wildman–Crippen LogP) is 1.50. The van der Waals surface area contributed by atoms with Gasteiger partial charge in [0.15, 0.2) is 5.78 Å². The monoisotopic (exact) mass is 426 g/mol. The maximum absolute atomic E-state index is 12.8. The summed E-state index contributed by atoms with van der Waals surface area (Å²) in [6.45, 7) is 3.62. The van der Waals surface area contributed by atoms with Crippen LogP contribution in [-0.4, -0.2) is 65.6 Å².